The first-order valence-electron chi connectivity index (χ1n) is 26.4. The molecule has 4 aliphatic heterocycles. The number of hydrogen-bond acceptors (Lipinski definition) is 14. The Balaban J connectivity index is 0.854. The van der Waals surface area contributed by atoms with Crippen LogP contribution < -0.4 is 29.1 Å². The Kier molecular flexibility index (Phi) is 13.3. The number of ether oxygens (including phenoxy) is 3. The van der Waals surface area contributed by atoms with E-state index in [1.54, 1.807) is 19.1 Å². The fourth-order valence-electron chi connectivity index (χ4n) is 12.8. The van der Waals surface area contributed by atoms with E-state index in [9.17, 15) is 28.4 Å². The lowest BCUT2D eigenvalue weighted by atomic mass is 9.59. The number of likely N-dealkylation sites (N-methyl/N-ethyl adjacent to an activating group) is 1. The maximum absolute atomic E-state index is 15.2. The van der Waals surface area contributed by atoms with Crippen LogP contribution in [-0.4, -0.2) is 114 Å². The number of aliphatic hydroxyl groups is 1. The van der Waals surface area contributed by atoms with Crippen LogP contribution in [0, 0.1) is 27.3 Å². The highest BCUT2D eigenvalue weighted by atomic mass is 32.2. The number of sulfonamides is 1. The van der Waals surface area contributed by atoms with Crippen LogP contribution in [0.15, 0.2) is 71.8 Å². The van der Waals surface area contributed by atoms with Crippen LogP contribution in [0.3, 0.4) is 0 Å². The van der Waals surface area contributed by atoms with Crippen molar-refractivity contribution in [3.05, 3.63) is 99.5 Å². The maximum Gasteiger partial charge on any atom is 0.297 e. The molecule has 6 heterocycles. The number of amides is 1. The minimum Gasteiger partial charge on any atom is -0.489 e. The summed E-state index contributed by atoms with van der Waals surface area (Å²) in [5.74, 6) is -1.04. The van der Waals surface area contributed by atoms with Crippen molar-refractivity contribution in [1.82, 2.24) is 24.5 Å². The van der Waals surface area contributed by atoms with Crippen LogP contribution in [0.5, 0.6) is 23.1 Å². The standard InChI is InChI=1S/C55H67FN8O9S/c1-33(2)39-8-5-6-9-40(39)45-10-7-20-63(45)36-28-55(29-36)18-22-62(23-19-55)35-11-12-41(47(24-35)73-49-27-42-43(56)30-57-51(42)59-53(49)72-37-15-21-61(4)31-37)52(65)60-74(69,70)38-25-46(64(67)68)50-48(26-38)71-32-44(58-50)34-13-16-54(3,66)17-14-34/h5-6,8-9,11-12,24-27,30,33-34,36-37,44-45,58,66H,7,10,13-23,28-29,31-32H2,1-4H3,(H,57,59)(H,60,65)/t34-,37-,44-,45+,54-/m1/s1. The lowest BCUT2D eigenvalue weighted by molar-refractivity contribution is -0.384. The highest BCUT2D eigenvalue weighted by Gasteiger charge is 2.50. The van der Waals surface area contributed by atoms with Crippen molar-refractivity contribution >= 4 is 44.0 Å². The first-order chi connectivity index (χ1) is 35.4. The number of halogens is 1. The molecule has 74 heavy (non-hydrogen) atoms. The van der Waals surface area contributed by atoms with Gasteiger partial charge < -0.3 is 39.4 Å². The number of aromatic nitrogens is 2. The number of nitro benzene ring substituents is 1. The van der Waals surface area contributed by atoms with Gasteiger partial charge in [0.2, 0.25) is 0 Å². The molecule has 0 bridgehead atoms. The van der Waals surface area contributed by atoms with Gasteiger partial charge in [0.1, 0.15) is 29.9 Å². The minimum atomic E-state index is -4.77. The predicted molar refractivity (Wildman–Crippen MR) is 278 cm³/mol. The summed E-state index contributed by atoms with van der Waals surface area (Å²) in [5.41, 5.74) is 2.74. The number of fused-ring (bicyclic) bond motifs is 2. The molecule has 3 aromatic carbocycles. The molecule has 11 rings (SSSR count). The molecule has 6 aliphatic rings. The van der Waals surface area contributed by atoms with E-state index in [4.69, 9.17) is 14.2 Å². The molecule has 2 saturated carbocycles. The van der Waals surface area contributed by atoms with Crippen LogP contribution in [0.4, 0.5) is 21.5 Å². The van der Waals surface area contributed by atoms with E-state index in [1.807, 2.05) is 7.05 Å². The topological polar surface area (TPSA) is 205 Å². The Bertz CT molecular complexity index is 3070. The van der Waals surface area contributed by atoms with Crippen molar-refractivity contribution in [3.8, 4) is 23.1 Å². The molecule has 3 atom stereocenters. The van der Waals surface area contributed by atoms with Gasteiger partial charge in [-0.3, -0.25) is 19.8 Å². The number of carbonyl (C=O) groups excluding carboxylic acids is 1. The molecular formula is C55H67FN8O9S. The number of nitro groups is 1. The molecule has 17 nitrogen and oxygen atoms in total. The molecule has 2 aromatic heterocycles. The summed E-state index contributed by atoms with van der Waals surface area (Å²) in [6.07, 6.45) is 10.8. The average molecular weight is 1040 g/mol. The second-order valence-electron chi connectivity index (χ2n) is 22.5. The predicted octanol–water partition coefficient (Wildman–Crippen LogP) is 9.43. The Morgan fingerprint density at radius 2 is 1.77 bits per heavy atom. The van der Waals surface area contributed by atoms with Gasteiger partial charge in [0, 0.05) is 74.4 Å². The summed E-state index contributed by atoms with van der Waals surface area (Å²) >= 11 is 0. The molecular weight excluding hydrogens is 968 g/mol. The van der Waals surface area contributed by atoms with Gasteiger partial charge in [-0.2, -0.15) is 4.98 Å². The number of likely N-dealkylation sites (tertiary alicyclic amines) is 2. The van der Waals surface area contributed by atoms with Crippen molar-refractivity contribution in [1.29, 1.82) is 0 Å². The third-order valence-electron chi connectivity index (χ3n) is 17.1. The molecule has 0 radical (unpaired) electrons. The van der Waals surface area contributed by atoms with Gasteiger partial charge in [-0.15, -0.1) is 0 Å². The second-order valence-corrected chi connectivity index (χ2v) is 24.2. The number of H-pyrrole nitrogens is 1. The number of piperidine rings is 1. The van der Waals surface area contributed by atoms with E-state index in [0.717, 1.165) is 63.6 Å². The van der Waals surface area contributed by atoms with Crippen LogP contribution in [-0.2, 0) is 10.0 Å². The quantitative estimate of drug-likeness (QED) is 0.0641. The highest BCUT2D eigenvalue weighted by molar-refractivity contribution is 7.90. The Morgan fingerprint density at radius 3 is 2.50 bits per heavy atom. The zero-order chi connectivity index (χ0) is 51.7. The van der Waals surface area contributed by atoms with E-state index in [-0.39, 0.29) is 75.5 Å². The molecule has 3 saturated heterocycles. The molecule has 1 spiro atoms. The molecule has 2 aliphatic carbocycles. The van der Waals surface area contributed by atoms with Gasteiger partial charge in [-0.1, -0.05) is 38.1 Å². The minimum absolute atomic E-state index is 0.0225. The number of pyridine rings is 1. The number of anilines is 2. The second kappa shape index (κ2) is 19.6. The van der Waals surface area contributed by atoms with Crippen LogP contribution in [0.2, 0.25) is 0 Å². The summed E-state index contributed by atoms with van der Waals surface area (Å²) in [5, 5.41) is 26.4. The van der Waals surface area contributed by atoms with Crippen LogP contribution >= 0.6 is 0 Å². The van der Waals surface area contributed by atoms with Gasteiger partial charge in [0.05, 0.1) is 32.4 Å². The number of carbonyl (C=O) groups is 1. The molecule has 4 N–H and O–H groups in total. The third kappa shape index (κ3) is 9.87. The summed E-state index contributed by atoms with van der Waals surface area (Å²) in [6, 6.07) is 18.1. The molecule has 1 amide bonds. The largest absolute Gasteiger partial charge is 0.489 e. The average Bonchev–Trinajstić information content (AvgIpc) is 4.12. The number of rotatable bonds is 13. The molecule has 0 unspecified atom stereocenters. The van der Waals surface area contributed by atoms with Crippen molar-refractivity contribution in [2.45, 2.75) is 132 Å². The lowest BCUT2D eigenvalue weighted by Gasteiger charge is -2.56. The van der Waals surface area contributed by atoms with Gasteiger partial charge in [-0.25, -0.2) is 17.5 Å². The number of benzene rings is 3. The first kappa shape index (κ1) is 50.2. The summed E-state index contributed by atoms with van der Waals surface area (Å²) in [6.45, 7) is 10.5. The summed E-state index contributed by atoms with van der Waals surface area (Å²) in [4.78, 5) is 40.4. The van der Waals surface area contributed by atoms with Gasteiger partial charge in [-0.05, 0) is 132 Å². The van der Waals surface area contributed by atoms with E-state index in [0.29, 0.717) is 56.7 Å². The fraction of sp³-hybridized carbons (Fsp3) is 0.527. The molecule has 394 valence electrons. The maximum atomic E-state index is 15.2. The fourth-order valence-corrected chi connectivity index (χ4v) is 13.8. The van der Waals surface area contributed by atoms with Crippen molar-refractivity contribution < 1.29 is 41.8 Å². The van der Waals surface area contributed by atoms with E-state index in [2.05, 4.69) is 72.8 Å². The van der Waals surface area contributed by atoms with E-state index in [1.165, 1.54) is 48.4 Å². The number of aromatic amines is 1. The van der Waals surface area contributed by atoms with Gasteiger partial charge in [0.25, 0.3) is 27.5 Å². The SMILES string of the molecule is CC(C)c1ccccc1[C@@H]1CCCN1C1CC2(CCN(c3ccc(C(=O)NS(=O)(=O)c4cc5c(c([N+](=O)[O-])c4)N[C@@H]([C@H]4CC[C@](C)(O)CC4)CO5)c(Oc4cc5c(F)c[nH]c5nc4O[C@@H]4CCN(C)C4)c3)CC2)C1. The number of hydrogen-bond donors (Lipinski definition) is 4. The van der Waals surface area contributed by atoms with E-state index < -0.39 is 42.9 Å². The van der Waals surface area contributed by atoms with Crippen molar-refractivity contribution in [2.24, 2.45) is 11.3 Å². The Labute approximate surface area is 431 Å². The Morgan fingerprint density at radius 1 is 1.00 bits per heavy atom. The monoisotopic (exact) mass is 1030 g/mol. The normalized spacial score (nSPS) is 25.4. The summed E-state index contributed by atoms with van der Waals surface area (Å²) in [7, 11) is -2.79. The van der Waals surface area contributed by atoms with Crippen molar-refractivity contribution in [3.63, 3.8) is 0 Å². The van der Waals surface area contributed by atoms with E-state index >= 15 is 4.39 Å². The van der Waals surface area contributed by atoms with Crippen LogP contribution in [0.1, 0.15) is 125 Å². The van der Waals surface area contributed by atoms with Crippen LogP contribution in [0.25, 0.3) is 11.0 Å². The zero-order valence-electron chi connectivity index (χ0n) is 42.6. The third-order valence-corrected chi connectivity index (χ3v) is 18.4. The summed E-state index contributed by atoms with van der Waals surface area (Å²) < 4.78 is 64.8. The lowest BCUT2D eigenvalue weighted by Crippen LogP contribution is -2.54. The number of nitrogens with one attached hydrogen (secondary N) is 3. The number of nitrogens with zero attached hydrogens (tertiary/aromatic N) is 5. The smallest absolute Gasteiger partial charge is 0.297 e. The van der Waals surface area contributed by atoms with Gasteiger partial charge in [0.15, 0.2) is 17.2 Å². The molecule has 5 fully saturated rings. The van der Waals surface area contributed by atoms with Crippen molar-refractivity contribution in [2.75, 3.05) is 56.6 Å². The molecule has 5 aromatic rings. The first-order valence-corrected chi connectivity index (χ1v) is 27.9. The molecule has 19 heteroatoms. The Hall–Kier alpha value is -6.02. The zero-order valence-corrected chi connectivity index (χ0v) is 43.4. The van der Waals surface area contributed by atoms with Gasteiger partial charge >= 0.3 is 0 Å². The highest BCUT2D eigenvalue weighted by Crippen LogP contribution is 2.55.